The Hall–Kier alpha value is -1.39. The summed E-state index contributed by atoms with van der Waals surface area (Å²) < 4.78 is 0. The number of benzene rings is 1. The Morgan fingerprint density at radius 2 is 1.89 bits per heavy atom. The van der Waals surface area contributed by atoms with E-state index in [-0.39, 0.29) is 5.91 Å². The van der Waals surface area contributed by atoms with Crippen molar-refractivity contribution < 1.29 is 4.79 Å². The van der Waals surface area contributed by atoms with Gasteiger partial charge in [0.1, 0.15) is 0 Å². The zero-order valence-electron chi connectivity index (χ0n) is 11.3. The first-order valence-corrected chi connectivity index (χ1v) is 6.40. The van der Waals surface area contributed by atoms with Gasteiger partial charge in [-0.1, -0.05) is 31.2 Å². The minimum Gasteiger partial charge on any atom is -0.358 e. The molecule has 0 aliphatic rings. The second-order valence-electron chi connectivity index (χ2n) is 4.40. The molecule has 0 saturated heterocycles. The molecular weight excluding hydrogens is 226 g/mol. The molecular formula is C14H23N3O. The van der Waals surface area contributed by atoms with Gasteiger partial charge in [0.2, 0.25) is 5.91 Å². The molecule has 0 unspecified atom stereocenters. The third-order valence-electron chi connectivity index (χ3n) is 2.85. The molecule has 0 aromatic heterocycles. The minimum absolute atomic E-state index is 0.0574. The van der Waals surface area contributed by atoms with E-state index < -0.39 is 0 Å². The van der Waals surface area contributed by atoms with Crippen LogP contribution in [0.15, 0.2) is 24.3 Å². The van der Waals surface area contributed by atoms with Crippen LogP contribution >= 0.6 is 0 Å². The van der Waals surface area contributed by atoms with Crippen LogP contribution in [0.25, 0.3) is 0 Å². The van der Waals surface area contributed by atoms with Crippen LogP contribution in [0, 0.1) is 0 Å². The molecule has 4 heteroatoms. The van der Waals surface area contributed by atoms with E-state index in [2.05, 4.69) is 29.3 Å². The molecule has 0 atom stereocenters. The Morgan fingerprint density at radius 3 is 2.39 bits per heavy atom. The second kappa shape index (κ2) is 7.84. The van der Waals surface area contributed by atoms with Gasteiger partial charge in [0.15, 0.2) is 0 Å². The zero-order valence-corrected chi connectivity index (χ0v) is 11.3. The lowest BCUT2D eigenvalue weighted by atomic mass is 10.1. The van der Waals surface area contributed by atoms with Crippen molar-refractivity contribution in [1.29, 1.82) is 0 Å². The molecule has 3 N–H and O–H groups in total. The van der Waals surface area contributed by atoms with Crippen LogP contribution in [0.5, 0.6) is 0 Å². The van der Waals surface area contributed by atoms with Crippen LogP contribution < -0.4 is 11.1 Å². The largest absolute Gasteiger partial charge is 0.358 e. The lowest BCUT2D eigenvalue weighted by Crippen LogP contribution is -2.35. The molecule has 18 heavy (non-hydrogen) atoms. The fourth-order valence-corrected chi connectivity index (χ4v) is 1.85. The van der Waals surface area contributed by atoms with Crippen molar-refractivity contribution in [2.75, 3.05) is 20.1 Å². The quantitative estimate of drug-likeness (QED) is 0.761. The van der Waals surface area contributed by atoms with Gasteiger partial charge in [-0.3, -0.25) is 9.69 Å². The smallest absolute Gasteiger partial charge is 0.233 e. The Balaban J connectivity index is 2.60. The summed E-state index contributed by atoms with van der Waals surface area (Å²) in [6.45, 7) is 4.85. The van der Waals surface area contributed by atoms with Crippen molar-refractivity contribution in [3.05, 3.63) is 35.4 Å². The Morgan fingerprint density at radius 1 is 1.28 bits per heavy atom. The van der Waals surface area contributed by atoms with Crippen molar-refractivity contribution >= 4 is 5.91 Å². The fourth-order valence-electron chi connectivity index (χ4n) is 1.85. The van der Waals surface area contributed by atoms with Crippen LogP contribution in [0.1, 0.15) is 24.5 Å². The molecule has 0 saturated carbocycles. The number of carbonyl (C=O) groups excluding carboxylic acids is 1. The minimum atomic E-state index is 0.0574. The van der Waals surface area contributed by atoms with E-state index in [0.29, 0.717) is 13.1 Å². The average Bonchev–Trinajstić information content (AvgIpc) is 2.39. The number of hydrogen-bond donors (Lipinski definition) is 2. The van der Waals surface area contributed by atoms with Gasteiger partial charge >= 0.3 is 0 Å². The highest BCUT2D eigenvalue weighted by molar-refractivity contribution is 5.77. The Bertz CT molecular complexity index is 362. The van der Waals surface area contributed by atoms with Gasteiger partial charge in [-0.05, 0) is 24.1 Å². The number of nitrogens with two attached hydrogens (primary N) is 1. The summed E-state index contributed by atoms with van der Waals surface area (Å²) in [6.07, 6.45) is 1.04. The maximum atomic E-state index is 11.4. The van der Waals surface area contributed by atoms with Gasteiger partial charge in [-0.25, -0.2) is 0 Å². The standard InChI is InChI=1S/C14H23N3O/c1-3-8-17(11-14(18)16-2)10-13-6-4-12(9-15)5-7-13/h4-7H,3,8-11,15H2,1-2H3,(H,16,18). The van der Waals surface area contributed by atoms with Crippen molar-refractivity contribution in [1.82, 2.24) is 10.2 Å². The van der Waals surface area contributed by atoms with Crippen LogP contribution in [-0.2, 0) is 17.9 Å². The molecule has 4 nitrogen and oxygen atoms in total. The maximum absolute atomic E-state index is 11.4. The molecule has 0 aliphatic heterocycles. The lowest BCUT2D eigenvalue weighted by molar-refractivity contribution is -0.121. The van der Waals surface area contributed by atoms with E-state index in [1.54, 1.807) is 7.05 Å². The third-order valence-corrected chi connectivity index (χ3v) is 2.85. The highest BCUT2D eigenvalue weighted by Crippen LogP contribution is 2.07. The predicted molar refractivity (Wildman–Crippen MR) is 74.0 cm³/mol. The van der Waals surface area contributed by atoms with E-state index in [0.717, 1.165) is 25.1 Å². The van der Waals surface area contributed by atoms with Crippen LogP contribution in [0.3, 0.4) is 0 Å². The number of amides is 1. The van der Waals surface area contributed by atoms with E-state index in [4.69, 9.17) is 5.73 Å². The Kier molecular flexibility index (Phi) is 6.39. The van der Waals surface area contributed by atoms with Crippen LogP contribution in [0.2, 0.25) is 0 Å². The monoisotopic (exact) mass is 249 g/mol. The topological polar surface area (TPSA) is 58.4 Å². The molecule has 100 valence electrons. The summed E-state index contributed by atoms with van der Waals surface area (Å²) >= 11 is 0. The van der Waals surface area contributed by atoms with E-state index in [1.165, 1.54) is 5.56 Å². The number of hydrogen-bond acceptors (Lipinski definition) is 3. The van der Waals surface area contributed by atoms with Gasteiger partial charge in [-0.2, -0.15) is 0 Å². The average molecular weight is 249 g/mol. The summed E-state index contributed by atoms with van der Waals surface area (Å²) in [5.74, 6) is 0.0574. The van der Waals surface area contributed by atoms with Crippen LogP contribution in [-0.4, -0.2) is 30.9 Å². The van der Waals surface area contributed by atoms with Gasteiger partial charge in [0.05, 0.1) is 6.54 Å². The van der Waals surface area contributed by atoms with Gasteiger partial charge in [-0.15, -0.1) is 0 Å². The fraction of sp³-hybridized carbons (Fsp3) is 0.500. The molecule has 1 rings (SSSR count). The van der Waals surface area contributed by atoms with Crippen molar-refractivity contribution in [2.24, 2.45) is 5.73 Å². The molecule has 0 heterocycles. The predicted octanol–water partition coefficient (Wildman–Crippen LogP) is 1.10. The van der Waals surface area contributed by atoms with Crippen molar-refractivity contribution in [3.8, 4) is 0 Å². The van der Waals surface area contributed by atoms with Crippen molar-refractivity contribution in [3.63, 3.8) is 0 Å². The molecule has 0 fully saturated rings. The molecule has 0 bridgehead atoms. The zero-order chi connectivity index (χ0) is 13.4. The van der Waals surface area contributed by atoms with E-state index in [1.807, 2.05) is 12.1 Å². The molecule has 0 radical (unpaired) electrons. The van der Waals surface area contributed by atoms with E-state index in [9.17, 15) is 4.79 Å². The van der Waals surface area contributed by atoms with Crippen LogP contribution in [0.4, 0.5) is 0 Å². The third kappa shape index (κ3) is 4.85. The normalized spacial score (nSPS) is 10.7. The van der Waals surface area contributed by atoms with Gasteiger partial charge in [0.25, 0.3) is 0 Å². The van der Waals surface area contributed by atoms with Gasteiger partial charge < -0.3 is 11.1 Å². The second-order valence-corrected chi connectivity index (χ2v) is 4.40. The SMILES string of the molecule is CCCN(CC(=O)NC)Cc1ccc(CN)cc1. The number of likely N-dealkylation sites (N-methyl/N-ethyl adjacent to an activating group) is 1. The molecule has 0 spiro atoms. The lowest BCUT2D eigenvalue weighted by Gasteiger charge is -2.20. The highest BCUT2D eigenvalue weighted by Gasteiger charge is 2.09. The summed E-state index contributed by atoms with van der Waals surface area (Å²) in [5, 5.41) is 2.66. The number of nitrogens with one attached hydrogen (secondary N) is 1. The summed E-state index contributed by atoms with van der Waals surface area (Å²) in [7, 11) is 1.67. The van der Waals surface area contributed by atoms with E-state index >= 15 is 0 Å². The summed E-state index contributed by atoms with van der Waals surface area (Å²) in [4.78, 5) is 13.6. The molecule has 0 aliphatic carbocycles. The first kappa shape index (κ1) is 14.7. The first-order chi connectivity index (χ1) is 8.69. The molecule has 1 aromatic carbocycles. The first-order valence-electron chi connectivity index (χ1n) is 6.40. The molecule has 1 amide bonds. The van der Waals surface area contributed by atoms with Gasteiger partial charge in [0, 0.05) is 20.1 Å². The Labute approximate surface area is 109 Å². The summed E-state index contributed by atoms with van der Waals surface area (Å²) in [6, 6.07) is 8.24. The summed E-state index contributed by atoms with van der Waals surface area (Å²) in [5.41, 5.74) is 7.91. The number of carbonyl (C=O) groups is 1. The van der Waals surface area contributed by atoms with Crippen molar-refractivity contribution in [2.45, 2.75) is 26.4 Å². The maximum Gasteiger partial charge on any atom is 0.233 e. The highest BCUT2D eigenvalue weighted by atomic mass is 16.1. The number of nitrogens with zero attached hydrogens (tertiary/aromatic N) is 1. The number of rotatable bonds is 7. The molecule has 1 aromatic rings.